The predicted molar refractivity (Wildman–Crippen MR) is 76.5 cm³/mol. The number of carbonyl (C=O) groups is 1. The Morgan fingerprint density at radius 3 is 2.89 bits per heavy atom. The Bertz CT molecular complexity index is 434. The van der Waals surface area contributed by atoms with Gasteiger partial charge in [0.15, 0.2) is 0 Å². The van der Waals surface area contributed by atoms with Crippen LogP contribution in [0.1, 0.15) is 19.5 Å². The van der Waals surface area contributed by atoms with E-state index in [-0.39, 0.29) is 17.4 Å². The molecule has 0 aliphatic carbocycles. The molecule has 0 bridgehead atoms. The Morgan fingerprint density at radius 2 is 2.28 bits per heavy atom. The van der Waals surface area contributed by atoms with E-state index in [0.717, 1.165) is 5.69 Å². The quantitative estimate of drug-likeness (QED) is 0.667. The molecule has 0 saturated carbocycles. The summed E-state index contributed by atoms with van der Waals surface area (Å²) in [4.78, 5) is 15.8. The molecule has 0 fully saturated rings. The van der Waals surface area contributed by atoms with Crippen LogP contribution in [0.2, 0.25) is 0 Å². The van der Waals surface area contributed by atoms with E-state index in [1.807, 2.05) is 13.8 Å². The molecule has 1 rings (SSSR count). The van der Waals surface area contributed by atoms with E-state index < -0.39 is 0 Å². The molecule has 0 aliphatic heterocycles. The highest BCUT2D eigenvalue weighted by Crippen LogP contribution is 2.07. The van der Waals surface area contributed by atoms with Crippen LogP contribution in [-0.4, -0.2) is 29.0 Å². The average Bonchev–Trinajstić information content (AvgIpc) is 2.34. The molecule has 0 unspecified atom stereocenters. The van der Waals surface area contributed by atoms with Gasteiger partial charge in [0.1, 0.15) is 4.99 Å². The molecule has 4 N–H and O–H groups in total. The second kappa shape index (κ2) is 6.90. The molecular weight excluding hydrogens is 248 g/mol. The number of anilines is 1. The minimum Gasteiger partial charge on any atom is -0.388 e. The maximum absolute atomic E-state index is 11.5. The number of thiocarbonyl (C=S) groups is 1. The minimum absolute atomic E-state index is 0.0441. The van der Waals surface area contributed by atoms with Crippen molar-refractivity contribution in [1.82, 2.24) is 10.3 Å². The van der Waals surface area contributed by atoms with E-state index in [2.05, 4.69) is 15.6 Å². The highest BCUT2D eigenvalue weighted by atomic mass is 32.1. The zero-order chi connectivity index (χ0) is 13.5. The van der Waals surface area contributed by atoms with Crippen LogP contribution in [0.3, 0.4) is 0 Å². The SMILES string of the molecule is CC(C)CNC(=O)CNc1ccnc(C(N)=S)c1. The van der Waals surface area contributed by atoms with Gasteiger partial charge in [0.05, 0.1) is 12.2 Å². The lowest BCUT2D eigenvalue weighted by atomic mass is 10.2. The monoisotopic (exact) mass is 266 g/mol. The summed E-state index contributed by atoms with van der Waals surface area (Å²) in [6, 6.07) is 3.48. The van der Waals surface area contributed by atoms with Gasteiger partial charge < -0.3 is 16.4 Å². The molecule has 0 atom stereocenters. The van der Waals surface area contributed by atoms with Crippen LogP contribution in [0.5, 0.6) is 0 Å². The number of nitrogens with zero attached hydrogens (tertiary/aromatic N) is 1. The van der Waals surface area contributed by atoms with Crippen molar-refractivity contribution in [2.24, 2.45) is 11.7 Å². The van der Waals surface area contributed by atoms with Crippen molar-refractivity contribution in [2.45, 2.75) is 13.8 Å². The molecule has 0 aromatic carbocycles. The fraction of sp³-hybridized carbons (Fsp3) is 0.417. The van der Waals surface area contributed by atoms with Crippen LogP contribution in [-0.2, 0) is 4.79 Å². The highest BCUT2D eigenvalue weighted by molar-refractivity contribution is 7.80. The van der Waals surface area contributed by atoms with Crippen LogP contribution >= 0.6 is 12.2 Å². The third kappa shape index (κ3) is 5.09. The third-order valence-corrected chi connectivity index (χ3v) is 2.38. The highest BCUT2D eigenvalue weighted by Gasteiger charge is 2.03. The van der Waals surface area contributed by atoms with Gasteiger partial charge in [0, 0.05) is 18.4 Å². The van der Waals surface area contributed by atoms with Gasteiger partial charge in [-0.05, 0) is 18.1 Å². The second-order valence-electron chi connectivity index (χ2n) is 4.35. The molecule has 18 heavy (non-hydrogen) atoms. The lowest BCUT2D eigenvalue weighted by molar-refractivity contribution is -0.119. The summed E-state index contributed by atoms with van der Waals surface area (Å²) in [5, 5.41) is 5.82. The molecule has 0 saturated heterocycles. The van der Waals surface area contributed by atoms with Crippen LogP contribution in [0, 0.1) is 5.92 Å². The van der Waals surface area contributed by atoms with Gasteiger partial charge in [0.2, 0.25) is 5.91 Å². The van der Waals surface area contributed by atoms with Crippen molar-refractivity contribution in [3.63, 3.8) is 0 Å². The molecule has 0 aliphatic rings. The first-order valence-electron chi connectivity index (χ1n) is 5.75. The Labute approximate surface area is 112 Å². The summed E-state index contributed by atoms with van der Waals surface area (Å²) in [7, 11) is 0. The largest absolute Gasteiger partial charge is 0.388 e. The number of hydrogen-bond acceptors (Lipinski definition) is 4. The van der Waals surface area contributed by atoms with Gasteiger partial charge >= 0.3 is 0 Å². The lowest BCUT2D eigenvalue weighted by Crippen LogP contribution is -2.32. The van der Waals surface area contributed by atoms with Gasteiger partial charge in [0.25, 0.3) is 0 Å². The summed E-state index contributed by atoms with van der Waals surface area (Å²) in [6.45, 7) is 4.98. The predicted octanol–water partition coefficient (Wildman–Crippen LogP) is 0.900. The first-order valence-corrected chi connectivity index (χ1v) is 6.16. The number of rotatable bonds is 6. The van der Waals surface area contributed by atoms with Crippen LogP contribution in [0.25, 0.3) is 0 Å². The molecule has 6 heteroatoms. The van der Waals surface area contributed by atoms with Crippen LogP contribution < -0.4 is 16.4 Å². The number of nitrogens with two attached hydrogens (primary N) is 1. The molecule has 1 aromatic heterocycles. The number of amides is 1. The zero-order valence-corrected chi connectivity index (χ0v) is 11.4. The first-order chi connectivity index (χ1) is 8.49. The Morgan fingerprint density at radius 1 is 1.56 bits per heavy atom. The van der Waals surface area contributed by atoms with Gasteiger partial charge in [-0.25, -0.2) is 0 Å². The molecule has 5 nitrogen and oxygen atoms in total. The Balaban J connectivity index is 2.46. The number of pyridine rings is 1. The van der Waals surface area contributed by atoms with E-state index in [9.17, 15) is 4.79 Å². The van der Waals surface area contributed by atoms with Crippen molar-refractivity contribution in [2.75, 3.05) is 18.4 Å². The topological polar surface area (TPSA) is 80.0 Å². The molecule has 1 heterocycles. The number of nitrogens with one attached hydrogen (secondary N) is 2. The second-order valence-corrected chi connectivity index (χ2v) is 4.79. The smallest absolute Gasteiger partial charge is 0.239 e. The molecule has 0 radical (unpaired) electrons. The molecule has 1 aromatic rings. The number of hydrogen-bond donors (Lipinski definition) is 3. The standard InChI is InChI=1S/C12H18N4OS/c1-8(2)6-16-11(17)7-15-9-3-4-14-10(5-9)12(13)18/h3-5,8H,6-7H2,1-2H3,(H2,13,18)(H,14,15)(H,16,17). The lowest BCUT2D eigenvalue weighted by Gasteiger charge is -2.09. The summed E-state index contributed by atoms with van der Waals surface area (Å²) in [5.74, 6) is 0.397. The van der Waals surface area contributed by atoms with Gasteiger partial charge in [-0.2, -0.15) is 0 Å². The van der Waals surface area contributed by atoms with Crippen molar-refractivity contribution in [1.29, 1.82) is 0 Å². The zero-order valence-electron chi connectivity index (χ0n) is 10.6. The van der Waals surface area contributed by atoms with Crippen LogP contribution in [0.15, 0.2) is 18.3 Å². The van der Waals surface area contributed by atoms with Crippen molar-refractivity contribution >= 4 is 28.8 Å². The van der Waals surface area contributed by atoms with Crippen molar-refractivity contribution in [3.8, 4) is 0 Å². The summed E-state index contributed by atoms with van der Waals surface area (Å²) in [5.41, 5.74) is 6.79. The molecule has 0 spiro atoms. The maximum Gasteiger partial charge on any atom is 0.239 e. The summed E-state index contributed by atoms with van der Waals surface area (Å²) < 4.78 is 0. The van der Waals surface area contributed by atoms with Crippen molar-refractivity contribution in [3.05, 3.63) is 24.0 Å². The van der Waals surface area contributed by atoms with Crippen LogP contribution in [0.4, 0.5) is 5.69 Å². The van der Waals surface area contributed by atoms with E-state index in [1.54, 1.807) is 18.3 Å². The average molecular weight is 266 g/mol. The Kier molecular flexibility index (Phi) is 5.51. The molecular formula is C12H18N4OS. The number of carbonyl (C=O) groups excluding carboxylic acids is 1. The van der Waals surface area contributed by atoms with Gasteiger partial charge in [-0.3, -0.25) is 9.78 Å². The van der Waals surface area contributed by atoms with E-state index in [4.69, 9.17) is 18.0 Å². The normalized spacial score (nSPS) is 10.2. The van der Waals surface area contributed by atoms with E-state index in [1.165, 1.54) is 0 Å². The number of aromatic nitrogens is 1. The maximum atomic E-state index is 11.5. The fourth-order valence-electron chi connectivity index (χ4n) is 1.24. The van der Waals surface area contributed by atoms with E-state index >= 15 is 0 Å². The summed E-state index contributed by atoms with van der Waals surface area (Å²) in [6.07, 6.45) is 1.60. The Hall–Kier alpha value is -1.69. The van der Waals surface area contributed by atoms with Crippen molar-refractivity contribution < 1.29 is 4.79 Å². The molecule has 1 amide bonds. The minimum atomic E-state index is -0.0441. The fourth-order valence-corrected chi connectivity index (χ4v) is 1.35. The first kappa shape index (κ1) is 14.4. The molecule has 98 valence electrons. The summed E-state index contributed by atoms with van der Waals surface area (Å²) >= 11 is 4.84. The van der Waals surface area contributed by atoms with E-state index in [0.29, 0.717) is 18.2 Å². The van der Waals surface area contributed by atoms with Gasteiger partial charge in [-0.15, -0.1) is 0 Å². The van der Waals surface area contributed by atoms with Gasteiger partial charge in [-0.1, -0.05) is 26.1 Å². The third-order valence-electron chi connectivity index (χ3n) is 2.17.